The van der Waals surface area contributed by atoms with Gasteiger partial charge in [0.25, 0.3) is 0 Å². The van der Waals surface area contributed by atoms with Gasteiger partial charge >= 0.3 is 0 Å². The number of nitrogens with zero attached hydrogens (tertiary/aromatic N) is 2. The van der Waals surface area contributed by atoms with E-state index in [4.69, 9.17) is 5.21 Å². The summed E-state index contributed by atoms with van der Waals surface area (Å²) in [4.78, 5) is 2.05. The molecule has 0 aromatic heterocycles. The summed E-state index contributed by atoms with van der Waals surface area (Å²) in [5.41, 5.74) is 0. The van der Waals surface area contributed by atoms with E-state index < -0.39 is 0 Å². The minimum atomic E-state index is 0.694. The molecular weight excluding hydrogens is 136 g/mol. The molecule has 0 saturated heterocycles. The Morgan fingerprint density at radius 3 is 3.33 bits per heavy atom. The minimum absolute atomic E-state index is 0.694. The van der Waals surface area contributed by atoms with Crippen LogP contribution < -0.4 is 0 Å². The van der Waals surface area contributed by atoms with Crippen molar-refractivity contribution in [1.82, 2.24) is 4.90 Å². The smallest absolute Gasteiger partial charge is 0.0679 e. The molecule has 0 atom stereocenters. The quantitative estimate of drug-likeness (QED) is 0.355. The van der Waals surface area contributed by atoms with E-state index in [0.29, 0.717) is 6.54 Å². The molecule has 0 amide bonds. The van der Waals surface area contributed by atoms with Crippen LogP contribution >= 0.6 is 11.8 Å². The van der Waals surface area contributed by atoms with E-state index in [1.807, 2.05) is 16.5 Å². The number of rotatable bonds is 2. The molecule has 4 heteroatoms. The van der Waals surface area contributed by atoms with Gasteiger partial charge in [0, 0.05) is 6.20 Å². The summed E-state index contributed by atoms with van der Waals surface area (Å²) in [6, 6.07) is 0. The molecule has 9 heavy (non-hydrogen) atoms. The molecule has 1 rings (SSSR count). The maximum absolute atomic E-state index is 8.04. The fraction of sp³-hybridized carbons (Fsp3) is 0.400. The van der Waals surface area contributed by atoms with Gasteiger partial charge in [0.1, 0.15) is 0 Å². The van der Waals surface area contributed by atoms with Crippen LogP contribution in [0, 0.1) is 0 Å². The summed E-state index contributed by atoms with van der Waals surface area (Å²) in [5.74, 6) is 0.964. The van der Waals surface area contributed by atoms with Crippen molar-refractivity contribution >= 4 is 18.0 Å². The lowest BCUT2D eigenvalue weighted by atomic mass is 10.6. The fourth-order valence-electron chi connectivity index (χ4n) is 0.566. The summed E-state index contributed by atoms with van der Waals surface area (Å²) < 4.78 is 0. The molecule has 50 valence electrons. The fourth-order valence-corrected chi connectivity index (χ4v) is 1.29. The van der Waals surface area contributed by atoms with Gasteiger partial charge in [0.05, 0.1) is 18.6 Å². The van der Waals surface area contributed by atoms with Gasteiger partial charge in [0.15, 0.2) is 0 Å². The zero-order valence-electron chi connectivity index (χ0n) is 4.90. The SMILES string of the molecule is ON=CCN1C=CSC1. The van der Waals surface area contributed by atoms with Gasteiger partial charge in [0.2, 0.25) is 0 Å². The van der Waals surface area contributed by atoms with Gasteiger partial charge < -0.3 is 10.1 Å². The van der Waals surface area contributed by atoms with E-state index in [1.54, 1.807) is 11.8 Å². The van der Waals surface area contributed by atoms with Gasteiger partial charge in [-0.25, -0.2) is 0 Å². The Morgan fingerprint density at radius 1 is 1.89 bits per heavy atom. The molecular formula is C5H8N2OS. The lowest BCUT2D eigenvalue weighted by Gasteiger charge is -2.08. The van der Waals surface area contributed by atoms with Gasteiger partial charge in [-0.1, -0.05) is 0 Å². The predicted molar refractivity (Wildman–Crippen MR) is 38.6 cm³/mol. The van der Waals surface area contributed by atoms with Crippen LogP contribution in [0.4, 0.5) is 0 Å². The first-order valence-corrected chi connectivity index (χ1v) is 3.66. The largest absolute Gasteiger partial charge is 0.411 e. The zero-order chi connectivity index (χ0) is 6.53. The van der Waals surface area contributed by atoms with Crippen molar-refractivity contribution in [3.8, 4) is 0 Å². The number of hydrogen-bond acceptors (Lipinski definition) is 4. The molecule has 0 fully saturated rings. The lowest BCUT2D eigenvalue weighted by Crippen LogP contribution is -2.15. The first-order chi connectivity index (χ1) is 4.43. The summed E-state index contributed by atoms with van der Waals surface area (Å²) >= 11 is 1.73. The van der Waals surface area contributed by atoms with Crippen LogP contribution in [0.25, 0.3) is 0 Å². The maximum Gasteiger partial charge on any atom is 0.0679 e. The lowest BCUT2D eigenvalue weighted by molar-refractivity contribution is 0.318. The van der Waals surface area contributed by atoms with Crippen LogP contribution in [-0.4, -0.2) is 28.7 Å². The van der Waals surface area contributed by atoms with Crippen molar-refractivity contribution in [2.24, 2.45) is 5.16 Å². The Labute approximate surface area is 58.0 Å². The standard InChI is InChI=1S/C5H8N2OS/c8-6-1-2-7-3-4-9-5-7/h1,3-4,8H,2,5H2. The topological polar surface area (TPSA) is 35.8 Å². The van der Waals surface area contributed by atoms with Crippen LogP contribution in [0.1, 0.15) is 0 Å². The zero-order valence-corrected chi connectivity index (χ0v) is 5.71. The van der Waals surface area contributed by atoms with Crippen molar-refractivity contribution in [3.63, 3.8) is 0 Å². The molecule has 1 heterocycles. The van der Waals surface area contributed by atoms with Crippen molar-refractivity contribution in [3.05, 3.63) is 11.6 Å². The number of oxime groups is 1. The van der Waals surface area contributed by atoms with Crippen molar-refractivity contribution < 1.29 is 5.21 Å². The van der Waals surface area contributed by atoms with Gasteiger partial charge in [-0.3, -0.25) is 0 Å². The molecule has 0 aromatic rings. The number of thioether (sulfide) groups is 1. The van der Waals surface area contributed by atoms with Crippen LogP contribution in [0.2, 0.25) is 0 Å². The molecule has 0 saturated carbocycles. The Kier molecular flexibility index (Phi) is 2.45. The molecule has 0 spiro atoms. The number of hydrogen-bond donors (Lipinski definition) is 1. The van der Waals surface area contributed by atoms with Gasteiger partial charge in [-0.15, -0.1) is 16.9 Å². The van der Waals surface area contributed by atoms with Crippen LogP contribution in [0.15, 0.2) is 16.8 Å². The third kappa shape index (κ3) is 1.97. The van der Waals surface area contributed by atoms with Gasteiger partial charge in [-0.05, 0) is 5.41 Å². The molecule has 0 unspecified atom stereocenters. The minimum Gasteiger partial charge on any atom is -0.411 e. The molecule has 3 nitrogen and oxygen atoms in total. The van der Waals surface area contributed by atoms with E-state index in [0.717, 1.165) is 5.88 Å². The first-order valence-electron chi connectivity index (χ1n) is 2.61. The van der Waals surface area contributed by atoms with E-state index in [2.05, 4.69) is 5.16 Å². The molecule has 0 aromatic carbocycles. The van der Waals surface area contributed by atoms with Crippen molar-refractivity contribution in [1.29, 1.82) is 0 Å². The van der Waals surface area contributed by atoms with Crippen molar-refractivity contribution in [2.45, 2.75) is 0 Å². The van der Waals surface area contributed by atoms with Crippen LogP contribution in [0.5, 0.6) is 0 Å². The van der Waals surface area contributed by atoms with Crippen LogP contribution in [0.3, 0.4) is 0 Å². The molecule has 0 aliphatic carbocycles. The second-order valence-corrected chi connectivity index (χ2v) is 2.51. The Bertz CT molecular complexity index is 135. The normalized spacial score (nSPS) is 18.0. The average molecular weight is 144 g/mol. The summed E-state index contributed by atoms with van der Waals surface area (Å²) in [7, 11) is 0. The van der Waals surface area contributed by atoms with E-state index in [-0.39, 0.29) is 0 Å². The van der Waals surface area contributed by atoms with E-state index in [9.17, 15) is 0 Å². The highest BCUT2D eigenvalue weighted by atomic mass is 32.2. The third-order valence-corrected chi connectivity index (χ3v) is 1.80. The van der Waals surface area contributed by atoms with E-state index in [1.165, 1.54) is 6.21 Å². The predicted octanol–water partition coefficient (Wildman–Crippen LogP) is 0.924. The summed E-state index contributed by atoms with van der Waals surface area (Å²) in [6.45, 7) is 0.694. The summed E-state index contributed by atoms with van der Waals surface area (Å²) in [6.07, 6.45) is 3.45. The molecule has 0 bridgehead atoms. The third-order valence-electron chi connectivity index (χ3n) is 1.01. The van der Waals surface area contributed by atoms with Crippen molar-refractivity contribution in [2.75, 3.05) is 12.4 Å². The highest BCUT2D eigenvalue weighted by molar-refractivity contribution is 8.02. The van der Waals surface area contributed by atoms with Crippen LogP contribution in [-0.2, 0) is 0 Å². The monoisotopic (exact) mass is 144 g/mol. The molecule has 0 radical (unpaired) electrons. The highest BCUT2D eigenvalue weighted by Gasteiger charge is 2.00. The Balaban J connectivity index is 2.20. The van der Waals surface area contributed by atoms with Gasteiger partial charge in [-0.2, -0.15) is 0 Å². The molecule has 1 N–H and O–H groups in total. The second-order valence-electron chi connectivity index (χ2n) is 1.65. The molecule has 1 aliphatic rings. The van der Waals surface area contributed by atoms with E-state index >= 15 is 0 Å². The first kappa shape index (κ1) is 6.48. The maximum atomic E-state index is 8.04. The average Bonchev–Trinajstić information content (AvgIpc) is 2.34. The Morgan fingerprint density at radius 2 is 2.78 bits per heavy atom. The summed E-state index contributed by atoms with van der Waals surface area (Å²) in [5, 5.41) is 12.9. The Hall–Kier alpha value is -0.640. The molecule has 1 aliphatic heterocycles. The second kappa shape index (κ2) is 3.40. The highest BCUT2D eigenvalue weighted by Crippen LogP contribution is 2.13.